The van der Waals surface area contributed by atoms with E-state index in [0.717, 1.165) is 19.6 Å². The highest BCUT2D eigenvalue weighted by molar-refractivity contribution is 4.79. The molecule has 2 saturated heterocycles. The van der Waals surface area contributed by atoms with Gasteiger partial charge in [-0.3, -0.25) is 0 Å². The Bertz CT molecular complexity index is 64.1. The maximum Gasteiger partial charge on any atom is 0.0835 e. The summed E-state index contributed by atoms with van der Waals surface area (Å²) < 4.78 is 9.96. The van der Waals surface area contributed by atoms with Crippen LogP contribution in [0.3, 0.4) is 0 Å². The van der Waals surface area contributed by atoms with Crippen LogP contribution in [0.5, 0.6) is 0 Å². The van der Waals surface area contributed by atoms with Gasteiger partial charge in [0.25, 0.3) is 0 Å². The topological polar surface area (TPSA) is 25.1 Å². The van der Waals surface area contributed by atoms with Crippen LogP contribution in [0.2, 0.25) is 0 Å². The molecule has 0 amide bonds. The van der Waals surface area contributed by atoms with Gasteiger partial charge in [-0.25, -0.2) is 0 Å². The van der Waals surface area contributed by atoms with Crippen molar-refractivity contribution in [2.75, 3.05) is 13.2 Å². The molecule has 2 aliphatic rings. The van der Waals surface area contributed by atoms with E-state index in [-0.39, 0.29) is 0 Å². The third-order valence-corrected chi connectivity index (χ3v) is 1.33. The van der Waals surface area contributed by atoms with Gasteiger partial charge in [0.15, 0.2) is 0 Å². The molecule has 2 nitrogen and oxygen atoms in total. The van der Waals surface area contributed by atoms with Crippen LogP contribution >= 0.6 is 0 Å². The lowest BCUT2D eigenvalue weighted by molar-refractivity contribution is 0.344. The monoisotopic (exact) mass is 100 g/mol. The highest BCUT2D eigenvalue weighted by atomic mass is 16.6. The summed E-state index contributed by atoms with van der Waals surface area (Å²) in [6.45, 7) is 1.94. The first kappa shape index (κ1) is 3.87. The maximum absolute atomic E-state index is 4.98. The average Bonchev–Trinajstić information content (AvgIpc) is 2.33. The molecule has 0 spiro atoms. The molecule has 0 unspecified atom stereocenters. The number of rotatable bonds is 2. The van der Waals surface area contributed by atoms with Crippen molar-refractivity contribution in [2.24, 2.45) is 0 Å². The highest BCUT2D eigenvalue weighted by Crippen LogP contribution is 2.23. The Labute approximate surface area is 42.4 Å². The van der Waals surface area contributed by atoms with Crippen molar-refractivity contribution in [3.8, 4) is 0 Å². The fourth-order valence-electron chi connectivity index (χ4n) is 0.701. The SMILES string of the molecule is C1O[C@H]1C[C@@H]1CO1. The summed E-state index contributed by atoms with van der Waals surface area (Å²) in [5, 5.41) is 0. The third-order valence-electron chi connectivity index (χ3n) is 1.33. The highest BCUT2D eigenvalue weighted by Gasteiger charge is 2.32. The minimum absolute atomic E-state index is 0.562. The van der Waals surface area contributed by atoms with Crippen molar-refractivity contribution in [2.45, 2.75) is 18.6 Å². The molecule has 2 fully saturated rings. The minimum atomic E-state index is 0.562. The molecule has 0 radical (unpaired) electrons. The van der Waals surface area contributed by atoms with Crippen molar-refractivity contribution in [3.63, 3.8) is 0 Å². The predicted molar refractivity (Wildman–Crippen MR) is 24.1 cm³/mol. The second-order valence-corrected chi connectivity index (χ2v) is 2.15. The van der Waals surface area contributed by atoms with Gasteiger partial charge in [-0.05, 0) is 0 Å². The Morgan fingerprint density at radius 3 is 1.86 bits per heavy atom. The molecule has 0 aromatic carbocycles. The molecule has 0 aliphatic carbocycles. The first-order chi connectivity index (χ1) is 3.45. The summed E-state index contributed by atoms with van der Waals surface area (Å²) in [4.78, 5) is 0. The van der Waals surface area contributed by atoms with E-state index < -0.39 is 0 Å². The van der Waals surface area contributed by atoms with E-state index in [2.05, 4.69) is 0 Å². The van der Waals surface area contributed by atoms with Gasteiger partial charge < -0.3 is 9.47 Å². The summed E-state index contributed by atoms with van der Waals surface area (Å²) in [5.41, 5.74) is 0. The van der Waals surface area contributed by atoms with Crippen LogP contribution in [0.1, 0.15) is 6.42 Å². The first-order valence-corrected chi connectivity index (χ1v) is 2.68. The van der Waals surface area contributed by atoms with E-state index in [1.807, 2.05) is 0 Å². The van der Waals surface area contributed by atoms with Crippen LogP contribution < -0.4 is 0 Å². The molecule has 2 rings (SSSR count). The Kier molecular flexibility index (Phi) is 0.664. The lowest BCUT2D eigenvalue weighted by Gasteiger charge is -1.80. The number of hydrogen-bond donors (Lipinski definition) is 0. The first-order valence-electron chi connectivity index (χ1n) is 2.68. The quantitative estimate of drug-likeness (QED) is 0.462. The van der Waals surface area contributed by atoms with Crippen LogP contribution in [-0.4, -0.2) is 25.4 Å². The lowest BCUT2D eigenvalue weighted by atomic mass is 10.3. The van der Waals surface area contributed by atoms with Gasteiger partial charge in [-0.2, -0.15) is 0 Å². The lowest BCUT2D eigenvalue weighted by Crippen LogP contribution is -1.90. The predicted octanol–water partition coefficient (Wildman–Crippen LogP) is 0.174. The molecule has 0 aromatic heterocycles. The second kappa shape index (κ2) is 1.20. The molecule has 0 saturated carbocycles. The fraction of sp³-hybridized carbons (Fsp3) is 1.00. The Morgan fingerprint density at radius 2 is 1.57 bits per heavy atom. The van der Waals surface area contributed by atoms with Crippen LogP contribution in [-0.2, 0) is 9.47 Å². The van der Waals surface area contributed by atoms with E-state index in [1.54, 1.807) is 0 Å². The zero-order valence-corrected chi connectivity index (χ0v) is 4.09. The summed E-state index contributed by atoms with van der Waals surface area (Å²) in [6, 6.07) is 0. The molecule has 2 aliphatic heterocycles. The molecule has 40 valence electrons. The van der Waals surface area contributed by atoms with Gasteiger partial charge in [0.2, 0.25) is 0 Å². The summed E-state index contributed by atoms with van der Waals surface area (Å²) in [7, 11) is 0. The Balaban J connectivity index is 1.69. The molecule has 2 atom stereocenters. The van der Waals surface area contributed by atoms with E-state index in [1.165, 1.54) is 0 Å². The molecule has 0 aromatic rings. The van der Waals surface area contributed by atoms with Crippen molar-refractivity contribution < 1.29 is 9.47 Å². The Hall–Kier alpha value is -0.0800. The van der Waals surface area contributed by atoms with Crippen LogP contribution in [0.25, 0.3) is 0 Å². The van der Waals surface area contributed by atoms with E-state index >= 15 is 0 Å². The smallest absolute Gasteiger partial charge is 0.0835 e. The van der Waals surface area contributed by atoms with E-state index in [0.29, 0.717) is 12.2 Å². The molecule has 0 bridgehead atoms. The summed E-state index contributed by atoms with van der Waals surface area (Å²) >= 11 is 0. The van der Waals surface area contributed by atoms with Gasteiger partial charge >= 0.3 is 0 Å². The van der Waals surface area contributed by atoms with Gasteiger partial charge in [-0.15, -0.1) is 0 Å². The van der Waals surface area contributed by atoms with Crippen LogP contribution in [0.15, 0.2) is 0 Å². The zero-order valence-electron chi connectivity index (χ0n) is 4.09. The second-order valence-electron chi connectivity index (χ2n) is 2.15. The van der Waals surface area contributed by atoms with Crippen molar-refractivity contribution >= 4 is 0 Å². The molecule has 0 N–H and O–H groups in total. The van der Waals surface area contributed by atoms with Gasteiger partial charge in [0.1, 0.15) is 0 Å². The van der Waals surface area contributed by atoms with E-state index in [9.17, 15) is 0 Å². The van der Waals surface area contributed by atoms with Crippen molar-refractivity contribution in [1.29, 1.82) is 0 Å². The van der Waals surface area contributed by atoms with Crippen LogP contribution in [0.4, 0.5) is 0 Å². The molecule has 2 heteroatoms. The molecule has 2 heterocycles. The number of hydrogen-bond acceptors (Lipinski definition) is 2. The van der Waals surface area contributed by atoms with Crippen molar-refractivity contribution in [3.05, 3.63) is 0 Å². The van der Waals surface area contributed by atoms with Gasteiger partial charge in [0, 0.05) is 6.42 Å². The van der Waals surface area contributed by atoms with E-state index in [4.69, 9.17) is 9.47 Å². The normalized spacial score (nSPS) is 46.3. The fourth-order valence-corrected chi connectivity index (χ4v) is 0.701. The molecular formula is C5H8O2. The zero-order chi connectivity index (χ0) is 4.69. The van der Waals surface area contributed by atoms with Gasteiger partial charge in [-0.1, -0.05) is 0 Å². The standard InChI is InChI=1S/C5H8O2/c1(4-2-6-4)5-3-7-5/h4-5H,1-3H2/t4-,5+. The maximum atomic E-state index is 4.98. The largest absolute Gasteiger partial charge is 0.373 e. The minimum Gasteiger partial charge on any atom is -0.373 e. The van der Waals surface area contributed by atoms with Crippen LogP contribution in [0, 0.1) is 0 Å². The molecule has 7 heavy (non-hydrogen) atoms. The summed E-state index contributed by atoms with van der Waals surface area (Å²) in [5.74, 6) is 0. The number of epoxide rings is 2. The number of ether oxygens (including phenoxy) is 2. The third kappa shape index (κ3) is 0.924. The van der Waals surface area contributed by atoms with Crippen molar-refractivity contribution in [1.82, 2.24) is 0 Å². The van der Waals surface area contributed by atoms with Gasteiger partial charge in [0.05, 0.1) is 25.4 Å². The molecular weight excluding hydrogens is 92.1 g/mol. The Morgan fingerprint density at radius 1 is 1.14 bits per heavy atom. The summed E-state index contributed by atoms with van der Waals surface area (Å²) in [6.07, 6.45) is 2.26. The average molecular weight is 100 g/mol.